The molecule has 0 spiro atoms. The molecule has 2 radical (unpaired) electrons. The van der Waals surface area contributed by atoms with Crippen LogP contribution in [0.25, 0.3) is 0 Å². The van der Waals surface area contributed by atoms with Crippen molar-refractivity contribution in [3.8, 4) is 0 Å². The van der Waals surface area contributed by atoms with Crippen LogP contribution in [0.2, 0.25) is 0 Å². The van der Waals surface area contributed by atoms with Gasteiger partial charge in [0.25, 0.3) is 0 Å². The standard InChI is InChI=1S/C18H37O.ClH.H2O.Sn/c1-2-3-4-5-6-7-8-9-10-11-12-13-14-15-16-17-18-19;;;/h2-18H2,1H3;1H;1H2;/q-1;;;+2/p-1. The molecule has 0 aromatic rings. The van der Waals surface area contributed by atoms with Crippen LogP contribution in [0.4, 0.5) is 0 Å². The summed E-state index contributed by atoms with van der Waals surface area (Å²) in [6.07, 6.45) is 22.7. The molecule has 0 unspecified atom stereocenters. The molecule has 0 heterocycles. The quantitative estimate of drug-likeness (QED) is 0.184. The fraction of sp³-hybridized carbons (Fsp3) is 1.00. The second-order valence-corrected chi connectivity index (χ2v) is 8.53. The zero-order valence-corrected chi connectivity index (χ0v) is 18.4. The van der Waals surface area contributed by atoms with Gasteiger partial charge in [-0.25, -0.2) is 0 Å². The third kappa shape index (κ3) is 23.3. The van der Waals surface area contributed by atoms with Gasteiger partial charge in [0.2, 0.25) is 0 Å². The Labute approximate surface area is 153 Å². The van der Waals surface area contributed by atoms with Gasteiger partial charge in [0.15, 0.2) is 0 Å². The molecule has 0 saturated carbocycles. The van der Waals surface area contributed by atoms with Crippen molar-refractivity contribution in [2.24, 2.45) is 0 Å². The van der Waals surface area contributed by atoms with Crippen LogP contribution in [-0.4, -0.2) is 32.5 Å². The van der Waals surface area contributed by atoms with E-state index in [0.717, 1.165) is 6.61 Å². The summed E-state index contributed by atoms with van der Waals surface area (Å²) in [6, 6.07) is 0. The average Bonchev–Trinajstić information content (AvgIpc) is 2.50. The van der Waals surface area contributed by atoms with E-state index in [2.05, 4.69) is 6.92 Å². The third-order valence-electron chi connectivity index (χ3n) is 4.15. The minimum atomic E-state index is -0.909. The molecule has 0 fully saturated rings. The Morgan fingerprint density at radius 3 is 1.23 bits per heavy atom. The zero-order valence-electron chi connectivity index (χ0n) is 14.8. The smallest absolute Gasteiger partial charge is 0.412 e. The Kier molecular flexibility index (Phi) is 27.8. The SMILES string of the molecule is CCCCCCCCCCCCCCCCCC[O][Sn][Cl].O. The predicted octanol–water partition coefficient (Wildman–Crippen LogP) is 6.21. The summed E-state index contributed by atoms with van der Waals surface area (Å²) < 4.78 is 5.29. The molecule has 0 rings (SSSR count). The van der Waals surface area contributed by atoms with Crippen molar-refractivity contribution in [3.63, 3.8) is 0 Å². The molecule has 0 atom stereocenters. The maximum Gasteiger partial charge on any atom is -0.412 e. The summed E-state index contributed by atoms with van der Waals surface area (Å²) in [5.74, 6) is 0. The van der Waals surface area contributed by atoms with E-state index < -0.39 is 20.4 Å². The summed E-state index contributed by atoms with van der Waals surface area (Å²) in [5, 5.41) is 0. The largest absolute Gasteiger partial charge is 0.412 e. The van der Waals surface area contributed by atoms with Crippen molar-refractivity contribution < 1.29 is 8.55 Å². The first kappa shape index (κ1) is 25.3. The molecule has 2 nitrogen and oxygen atoms in total. The maximum absolute atomic E-state index is 5.62. The van der Waals surface area contributed by atoms with E-state index in [1.165, 1.54) is 103 Å². The van der Waals surface area contributed by atoms with Gasteiger partial charge in [0.05, 0.1) is 0 Å². The van der Waals surface area contributed by atoms with Gasteiger partial charge < -0.3 is 5.48 Å². The summed E-state index contributed by atoms with van der Waals surface area (Å²) in [4.78, 5) is 0. The normalized spacial score (nSPS) is 10.6. The zero-order chi connectivity index (χ0) is 15.4. The van der Waals surface area contributed by atoms with E-state index in [4.69, 9.17) is 12.0 Å². The van der Waals surface area contributed by atoms with Gasteiger partial charge in [-0.2, -0.15) is 0 Å². The second kappa shape index (κ2) is 24.3. The summed E-state index contributed by atoms with van der Waals surface area (Å²) >= 11 is -0.909. The third-order valence-corrected chi connectivity index (χ3v) is 5.78. The van der Waals surface area contributed by atoms with Gasteiger partial charge in [-0.05, 0) is 0 Å². The van der Waals surface area contributed by atoms with Crippen LogP contribution in [0.1, 0.15) is 110 Å². The van der Waals surface area contributed by atoms with Gasteiger partial charge in [-0.1, -0.05) is 45.4 Å². The van der Waals surface area contributed by atoms with Gasteiger partial charge in [-0.3, -0.25) is 0 Å². The summed E-state index contributed by atoms with van der Waals surface area (Å²) in [5.41, 5.74) is 0. The number of unbranched alkanes of at least 4 members (excludes halogenated alkanes) is 15. The molecule has 0 saturated heterocycles. The molecule has 4 heteroatoms. The van der Waals surface area contributed by atoms with Crippen LogP contribution < -0.4 is 0 Å². The molecule has 0 aromatic carbocycles. The number of halogens is 1. The van der Waals surface area contributed by atoms with E-state index in [9.17, 15) is 0 Å². The molecule has 0 aliphatic carbocycles. The van der Waals surface area contributed by atoms with Crippen LogP contribution >= 0.6 is 8.92 Å². The predicted molar refractivity (Wildman–Crippen MR) is 101 cm³/mol. The number of hydrogen-bond acceptors (Lipinski definition) is 1. The molecule has 0 bridgehead atoms. The van der Waals surface area contributed by atoms with Crippen molar-refractivity contribution in [3.05, 3.63) is 0 Å². The first-order chi connectivity index (χ1) is 10.4. The van der Waals surface area contributed by atoms with Gasteiger partial charge >= 0.3 is 103 Å². The fourth-order valence-electron chi connectivity index (χ4n) is 2.76. The van der Waals surface area contributed by atoms with Crippen molar-refractivity contribution in [2.75, 3.05) is 6.61 Å². The number of hydrogen-bond donors (Lipinski definition) is 0. The Morgan fingerprint density at radius 1 is 0.591 bits per heavy atom. The van der Waals surface area contributed by atoms with E-state index >= 15 is 0 Å². The van der Waals surface area contributed by atoms with Crippen LogP contribution in [-0.2, 0) is 3.07 Å². The Morgan fingerprint density at radius 2 is 0.909 bits per heavy atom. The summed E-state index contributed by atoms with van der Waals surface area (Å²) in [7, 11) is 5.62. The molecule has 22 heavy (non-hydrogen) atoms. The minimum absolute atomic E-state index is 0. The molecule has 0 aromatic heterocycles. The maximum atomic E-state index is 5.62. The Hall–Kier alpha value is 1.01. The molecule has 0 amide bonds. The van der Waals surface area contributed by atoms with Gasteiger partial charge in [0.1, 0.15) is 0 Å². The molecule has 134 valence electrons. The van der Waals surface area contributed by atoms with Crippen LogP contribution in [0.5, 0.6) is 0 Å². The fourth-order valence-corrected chi connectivity index (χ4v) is 3.91. The molecular weight excluding hydrogens is 402 g/mol. The first-order valence-electron chi connectivity index (χ1n) is 9.39. The van der Waals surface area contributed by atoms with E-state index in [1.54, 1.807) is 0 Å². The van der Waals surface area contributed by atoms with Crippen LogP contribution in [0.15, 0.2) is 0 Å². The second-order valence-electron chi connectivity index (χ2n) is 6.23. The van der Waals surface area contributed by atoms with E-state index in [1.807, 2.05) is 0 Å². The molecule has 0 aliphatic heterocycles. The topological polar surface area (TPSA) is 40.7 Å². The van der Waals surface area contributed by atoms with E-state index in [0.29, 0.717) is 0 Å². The molecule has 2 N–H and O–H groups in total. The molecular formula is C18H39ClO2Sn. The van der Waals surface area contributed by atoms with Crippen molar-refractivity contribution in [1.82, 2.24) is 0 Å². The van der Waals surface area contributed by atoms with Crippen LogP contribution in [0, 0.1) is 0 Å². The van der Waals surface area contributed by atoms with Crippen LogP contribution in [0.3, 0.4) is 0 Å². The van der Waals surface area contributed by atoms with Crippen molar-refractivity contribution >= 4 is 29.4 Å². The minimum Gasteiger partial charge on any atom is -0.412 e. The van der Waals surface area contributed by atoms with Gasteiger partial charge in [-0.15, -0.1) is 0 Å². The number of rotatable bonds is 18. The first-order valence-corrected chi connectivity index (χ1v) is 14.2. The monoisotopic (exact) mass is 442 g/mol. The Bertz CT molecular complexity index is 164. The van der Waals surface area contributed by atoms with Crippen molar-refractivity contribution in [1.29, 1.82) is 0 Å². The van der Waals surface area contributed by atoms with E-state index in [-0.39, 0.29) is 5.48 Å². The molecule has 0 aliphatic rings. The van der Waals surface area contributed by atoms with Crippen molar-refractivity contribution in [2.45, 2.75) is 110 Å². The van der Waals surface area contributed by atoms with Gasteiger partial charge in [0, 0.05) is 0 Å². The summed E-state index contributed by atoms with van der Waals surface area (Å²) in [6.45, 7) is 3.20. The Balaban J connectivity index is 0. The average molecular weight is 442 g/mol.